The highest BCUT2D eigenvalue weighted by atomic mass is 19.4. The summed E-state index contributed by atoms with van der Waals surface area (Å²) in [6.45, 7) is 6.23. The summed E-state index contributed by atoms with van der Waals surface area (Å²) in [7, 11) is 1.47. The first-order chi connectivity index (χ1) is 19.4. The molecule has 0 unspecified atom stereocenters. The van der Waals surface area contributed by atoms with Crippen molar-refractivity contribution in [2.75, 3.05) is 20.2 Å². The maximum atomic E-state index is 13.5. The molecule has 1 saturated carbocycles. The van der Waals surface area contributed by atoms with Gasteiger partial charge < -0.3 is 24.5 Å². The van der Waals surface area contributed by atoms with Gasteiger partial charge in [0.2, 0.25) is 5.91 Å². The Hall–Kier alpha value is -3.76. The van der Waals surface area contributed by atoms with Crippen molar-refractivity contribution in [3.05, 3.63) is 63.2 Å². The quantitative estimate of drug-likeness (QED) is 0.415. The highest BCUT2D eigenvalue weighted by molar-refractivity contribution is 6.08. The second-order valence-electron chi connectivity index (χ2n) is 11.3. The summed E-state index contributed by atoms with van der Waals surface area (Å²) in [6, 6.07) is 9.23. The minimum Gasteiger partial charge on any atom is -0.496 e. The number of aromatic amines is 1. The van der Waals surface area contributed by atoms with Crippen LogP contribution in [0.3, 0.4) is 0 Å². The van der Waals surface area contributed by atoms with Crippen LogP contribution in [0.2, 0.25) is 0 Å². The van der Waals surface area contributed by atoms with Crippen LogP contribution in [0.5, 0.6) is 5.75 Å². The van der Waals surface area contributed by atoms with Crippen molar-refractivity contribution in [3.63, 3.8) is 0 Å². The van der Waals surface area contributed by atoms with Gasteiger partial charge in [0.1, 0.15) is 11.2 Å². The number of methoxy groups -OCH3 is 1. The van der Waals surface area contributed by atoms with Gasteiger partial charge in [0.15, 0.2) is 0 Å². The largest absolute Gasteiger partial charge is 0.496 e. The van der Waals surface area contributed by atoms with Crippen molar-refractivity contribution in [2.45, 2.75) is 65.2 Å². The fourth-order valence-corrected chi connectivity index (χ4v) is 6.34. The minimum atomic E-state index is -4.51. The number of para-hydroxylation sites is 1. The molecule has 2 aliphatic rings. The lowest BCUT2D eigenvalue weighted by atomic mass is 9.89. The molecule has 3 heterocycles. The molecule has 2 N–H and O–H groups in total. The number of piperidine rings is 1. The van der Waals surface area contributed by atoms with Crippen molar-refractivity contribution in [1.29, 1.82) is 0 Å². The lowest BCUT2D eigenvalue weighted by Gasteiger charge is -2.38. The van der Waals surface area contributed by atoms with E-state index in [-0.39, 0.29) is 55.9 Å². The molecule has 2 amide bonds. The van der Waals surface area contributed by atoms with Gasteiger partial charge in [-0.2, -0.15) is 13.2 Å². The molecular weight excluding hydrogens is 537 g/mol. The molecule has 1 aliphatic heterocycles. The van der Waals surface area contributed by atoms with Crippen LogP contribution in [0, 0.1) is 25.2 Å². The Labute approximate surface area is 235 Å². The smallest absolute Gasteiger partial charge is 0.403 e. The normalized spacial score (nSPS) is 17.9. The Morgan fingerprint density at radius 3 is 2.44 bits per heavy atom. The third kappa shape index (κ3) is 4.99. The van der Waals surface area contributed by atoms with Gasteiger partial charge in [-0.25, -0.2) is 0 Å². The van der Waals surface area contributed by atoms with Crippen molar-refractivity contribution in [3.8, 4) is 5.75 Å². The number of amides is 2. The summed E-state index contributed by atoms with van der Waals surface area (Å²) in [6.07, 6.45) is -3.62. The number of carbonyl (C=O) groups excluding carboxylic acids is 2. The highest BCUT2D eigenvalue weighted by Crippen LogP contribution is 2.58. The van der Waals surface area contributed by atoms with Crippen LogP contribution in [0.4, 0.5) is 13.2 Å². The van der Waals surface area contributed by atoms with Gasteiger partial charge in [-0.3, -0.25) is 14.4 Å². The molecular formula is C30H35F3N4O4. The molecule has 2 fully saturated rings. The van der Waals surface area contributed by atoms with Crippen molar-refractivity contribution < 1.29 is 27.5 Å². The number of H-pyrrole nitrogens is 1. The average Bonchev–Trinajstić information content (AvgIpc) is 3.70. The number of carbonyl (C=O) groups is 2. The van der Waals surface area contributed by atoms with Crippen molar-refractivity contribution in [2.24, 2.45) is 11.3 Å². The number of likely N-dealkylation sites (tertiary alicyclic amines) is 1. The van der Waals surface area contributed by atoms with Gasteiger partial charge in [0, 0.05) is 41.4 Å². The SMILES string of the molecule is COc1cc(C)[nH]c(=O)c1CNC(=O)c1c(C)n([C@H](C)C2CCN(C(=O)C3(C(F)(F)F)CC3)CC2)c2ccccc12. The summed E-state index contributed by atoms with van der Waals surface area (Å²) in [5, 5.41) is 3.65. The van der Waals surface area contributed by atoms with E-state index in [4.69, 9.17) is 4.74 Å². The Balaban J connectivity index is 1.35. The molecule has 1 aliphatic carbocycles. The van der Waals surface area contributed by atoms with E-state index in [0.29, 0.717) is 35.4 Å². The molecule has 220 valence electrons. The average molecular weight is 573 g/mol. The number of pyridine rings is 1. The zero-order valence-corrected chi connectivity index (χ0v) is 23.7. The molecule has 11 heteroatoms. The number of aromatic nitrogens is 2. The van der Waals surface area contributed by atoms with E-state index in [1.807, 2.05) is 31.2 Å². The summed E-state index contributed by atoms with van der Waals surface area (Å²) < 4.78 is 48.0. The van der Waals surface area contributed by atoms with Gasteiger partial charge in [0.05, 0.1) is 24.8 Å². The van der Waals surface area contributed by atoms with Crippen molar-refractivity contribution in [1.82, 2.24) is 19.8 Å². The van der Waals surface area contributed by atoms with Gasteiger partial charge >= 0.3 is 6.18 Å². The van der Waals surface area contributed by atoms with Gasteiger partial charge in [-0.15, -0.1) is 0 Å². The number of nitrogens with one attached hydrogen (secondary N) is 2. The van der Waals surface area contributed by atoms with E-state index in [2.05, 4.69) is 21.8 Å². The molecule has 0 radical (unpaired) electrons. The number of rotatable bonds is 7. The topological polar surface area (TPSA) is 96.4 Å². The minimum absolute atomic E-state index is 0.0158. The molecule has 2 aromatic heterocycles. The molecule has 0 bridgehead atoms. The molecule has 8 nitrogen and oxygen atoms in total. The number of aryl methyl sites for hydroxylation is 1. The van der Waals surface area contributed by atoms with Crippen LogP contribution in [-0.2, 0) is 11.3 Å². The third-order valence-electron chi connectivity index (χ3n) is 8.88. The maximum Gasteiger partial charge on any atom is 0.403 e. The number of fused-ring (bicyclic) bond motifs is 1. The van der Waals surface area contributed by atoms with E-state index in [1.165, 1.54) is 12.0 Å². The van der Waals surface area contributed by atoms with Crippen LogP contribution in [0.25, 0.3) is 10.9 Å². The van der Waals surface area contributed by atoms with Crippen LogP contribution < -0.4 is 15.6 Å². The highest BCUT2D eigenvalue weighted by Gasteiger charge is 2.69. The molecule has 1 saturated heterocycles. The Morgan fingerprint density at radius 1 is 1.17 bits per heavy atom. The predicted octanol–water partition coefficient (Wildman–Crippen LogP) is 5.03. The number of benzene rings is 1. The summed E-state index contributed by atoms with van der Waals surface area (Å²) >= 11 is 0. The van der Waals surface area contributed by atoms with E-state index in [0.717, 1.165) is 16.6 Å². The molecule has 0 spiro atoms. The van der Waals surface area contributed by atoms with Gasteiger partial charge in [0.25, 0.3) is 11.5 Å². The zero-order valence-electron chi connectivity index (χ0n) is 23.7. The van der Waals surface area contributed by atoms with Crippen molar-refractivity contribution >= 4 is 22.7 Å². The van der Waals surface area contributed by atoms with Crippen LogP contribution in [0.1, 0.15) is 66.0 Å². The standard InChI is InChI=1S/C30H35F3N4O4/c1-17-15-24(41-4)22(26(38)35-17)16-34-27(39)25-19(3)37(23-8-6-5-7-21(23)25)18(2)20-9-13-36(14-10-20)28(40)29(11-12-29)30(31,32)33/h5-8,15,18,20H,9-14,16H2,1-4H3,(H,34,39)(H,35,38)/t18-/m1/s1. The number of hydrogen-bond donors (Lipinski definition) is 2. The maximum absolute atomic E-state index is 13.5. The van der Waals surface area contributed by atoms with E-state index in [1.54, 1.807) is 13.0 Å². The molecule has 1 atom stereocenters. The van der Waals surface area contributed by atoms with E-state index >= 15 is 0 Å². The second kappa shape index (κ2) is 10.6. The Morgan fingerprint density at radius 2 is 1.83 bits per heavy atom. The zero-order chi connectivity index (χ0) is 29.7. The van der Waals surface area contributed by atoms with Crippen LogP contribution in [0.15, 0.2) is 35.1 Å². The monoisotopic (exact) mass is 572 g/mol. The Kier molecular flexibility index (Phi) is 7.42. The first-order valence-corrected chi connectivity index (χ1v) is 13.9. The second-order valence-corrected chi connectivity index (χ2v) is 11.3. The predicted molar refractivity (Wildman–Crippen MR) is 148 cm³/mol. The third-order valence-corrected chi connectivity index (χ3v) is 8.88. The molecule has 3 aromatic rings. The molecule has 5 rings (SSSR count). The first-order valence-electron chi connectivity index (χ1n) is 13.9. The van der Waals surface area contributed by atoms with Gasteiger partial charge in [-0.05, 0) is 64.5 Å². The molecule has 1 aromatic carbocycles. The van der Waals surface area contributed by atoms with Crippen LogP contribution in [-0.4, -0.2) is 52.6 Å². The fraction of sp³-hybridized carbons (Fsp3) is 0.500. The van der Waals surface area contributed by atoms with Gasteiger partial charge in [-0.1, -0.05) is 18.2 Å². The molecule has 41 heavy (non-hydrogen) atoms. The number of nitrogens with zero attached hydrogens (tertiary/aromatic N) is 2. The number of halogens is 3. The number of hydrogen-bond acceptors (Lipinski definition) is 4. The first kappa shape index (κ1) is 28.8. The number of ether oxygens (including phenoxy) is 1. The lowest BCUT2D eigenvalue weighted by Crippen LogP contribution is -2.47. The summed E-state index contributed by atoms with van der Waals surface area (Å²) in [5.41, 5.74) is 0.591. The van der Waals surface area contributed by atoms with E-state index < -0.39 is 17.5 Å². The lowest BCUT2D eigenvalue weighted by molar-refractivity contribution is -0.199. The van der Waals surface area contributed by atoms with E-state index in [9.17, 15) is 27.6 Å². The fourth-order valence-electron chi connectivity index (χ4n) is 6.34. The Bertz CT molecular complexity index is 1550. The summed E-state index contributed by atoms with van der Waals surface area (Å²) in [5.74, 6) is -0.608. The summed E-state index contributed by atoms with van der Waals surface area (Å²) in [4.78, 5) is 42.9. The number of alkyl halides is 3. The van der Waals surface area contributed by atoms with Crippen LogP contribution >= 0.6 is 0 Å².